The summed E-state index contributed by atoms with van der Waals surface area (Å²) in [4.78, 5) is 0. The standard InChI is InChI=1S/C6H8N4.ClH/c1-2-10-4-5(8)6(3-7)9-10;/h4H,2,8H2,1H3;1H. The largest absolute Gasteiger partial charge is 0.395 e. The molecule has 0 aliphatic carbocycles. The van der Waals surface area contributed by atoms with Gasteiger partial charge in [0.1, 0.15) is 6.07 Å². The Bertz CT molecular complexity index is 273. The average molecular weight is 173 g/mol. The normalized spacial score (nSPS) is 8.36. The van der Waals surface area contributed by atoms with Crippen LogP contribution in [0.4, 0.5) is 5.69 Å². The molecule has 0 saturated carbocycles. The van der Waals surface area contributed by atoms with Gasteiger partial charge < -0.3 is 5.73 Å². The number of nitriles is 1. The van der Waals surface area contributed by atoms with Gasteiger partial charge in [0.05, 0.1) is 5.69 Å². The molecule has 0 fully saturated rings. The highest BCUT2D eigenvalue weighted by atomic mass is 35.5. The highest BCUT2D eigenvalue weighted by Crippen LogP contribution is 2.05. The van der Waals surface area contributed by atoms with E-state index in [1.165, 1.54) is 0 Å². The lowest BCUT2D eigenvalue weighted by molar-refractivity contribution is 0.657. The van der Waals surface area contributed by atoms with E-state index in [1.54, 1.807) is 10.9 Å². The topological polar surface area (TPSA) is 67.6 Å². The summed E-state index contributed by atoms with van der Waals surface area (Å²) in [6.45, 7) is 2.68. The third-order valence-corrected chi connectivity index (χ3v) is 1.22. The molecule has 0 spiro atoms. The Hall–Kier alpha value is -1.21. The van der Waals surface area contributed by atoms with E-state index in [0.717, 1.165) is 6.54 Å². The van der Waals surface area contributed by atoms with Gasteiger partial charge in [0, 0.05) is 12.7 Å². The van der Waals surface area contributed by atoms with E-state index in [1.807, 2.05) is 13.0 Å². The SMILES string of the molecule is CCn1cc(N)c(C#N)n1.Cl. The van der Waals surface area contributed by atoms with Gasteiger partial charge in [-0.05, 0) is 6.92 Å². The highest BCUT2D eigenvalue weighted by molar-refractivity contribution is 5.85. The smallest absolute Gasteiger partial charge is 0.185 e. The Morgan fingerprint density at radius 1 is 1.82 bits per heavy atom. The number of nitrogen functional groups attached to an aromatic ring is 1. The molecule has 1 aromatic heterocycles. The summed E-state index contributed by atoms with van der Waals surface area (Å²) in [7, 11) is 0. The Morgan fingerprint density at radius 3 is 2.73 bits per heavy atom. The van der Waals surface area contributed by atoms with Gasteiger partial charge in [-0.3, -0.25) is 4.68 Å². The molecule has 1 aromatic rings. The molecule has 11 heavy (non-hydrogen) atoms. The van der Waals surface area contributed by atoms with E-state index in [-0.39, 0.29) is 12.4 Å². The van der Waals surface area contributed by atoms with Crippen molar-refractivity contribution in [3.63, 3.8) is 0 Å². The molecule has 4 nitrogen and oxygen atoms in total. The minimum absolute atomic E-state index is 0. The van der Waals surface area contributed by atoms with Crippen LogP contribution >= 0.6 is 12.4 Å². The van der Waals surface area contributed by atoms with Gasteiger partial charge in [-0.2, -0.15) is 10.4 Å². The minimum Gasteiger partial charge on any atom is -0.395 e. The van der Waals surface area contributed by atoms with Crippen LogP contribution in [-0.2, 0) is 6.54 Å². The number of aromatic nitrogens is 2. The molecule has 0 amide bonds. The van der Waals surface area contributed by atoms with Crippen molar-refractivity contribution < 1.29 is 0 Å². The summed E-state index contributed by atoms with van der Waals surface area (Å²) in [5, 5.41) is 12.3. The van der Waals surface area contributed by atoms with Crippen molar-refractivity contribution >= 4 is 18.1 Å². The Balaban J connectivity index is 0.000001000. The summed E-state index contributed by atoms with van der Waals surface area (Å²) in [5.41, 5.74) is 6.18. The van der Waals surface area contributed by atoms with Crippen LogP contribution in [-0.4, -0.2) is 9.78 Å². The van der Waals surface area contributed by atoms with Crippen LogP contribution in [0, 0.1) is 11.3 Å². The quantitative estimate of drug-likeness (QED) is 0.681. The number of hydrogen-bond donors (Lipinski definition) is 1. The maximum atomic E-state index is 8.42. The number of hydrogen-bond acceptors (Lipinski definition) is 3. The second-order valence-corrected chi connectivity index (χ2v) is 1.90. The summed E-state index contributed by atoms with van der Waals surface area (Å²) < 4.78 is 1.63. The van der Waals surface area contributed by atoms with Crippen LogP contribution in [0.5, 0.6) is 0 Å². The molecule has 0 aliphatic rings. The highest BCUT2D eigenvalue weighted by Gasteiger charge is 2.01. The summed E-state index contributed by atoms with van der Waals surface area (Å²) in [6, 6.07) is 1.89. The molecule has 0 aromatic carbocycles. The van der Waals surface area contributed by atoms with Crippen molar-refractivity contribution in [3.05, 3.63) is 11.9 Å². The molecule has 0 unspecified atom stereocenters. The van der Waals surface area contributed by atoms with Gasteiger partial charge in [-0.25, -0.2) is 0 Å². The van der Waals surface area contributed by atoms with Crippen molar-refractivity contribution in [1.29, 1.82) is 5.26 Å². The fourth-order valence-electron chi connectivity index (χ4n) is 0.686. The van der Waals surface area contributed by atoms with E-state index in [2.05, 4.69) is 5.10 Å². The first-order valence-corrected chi connectivity index (χ1v) is 3.01. The van der Waals surface area contributed by atoms with Crippen LogP contribution in [0.3, 0.4) is 0 Å². The third kappa shape index (κ3) is 1.85. The Kier molecular flexibility index (Phi) is 3.42. The van der Waals surface area contributed by atoms with Crippen LogP contribution < -0.4 is 5.73 Å². The molecule has 2 N–H and O–H groups in total. The zero-order chi connectivity index (χ0) is 7.56. The van der Waals surface area contributed by atoms with E-state index >= 15 is 0 Å². The van der Waals surface area contributed by atoms with Crippen molar-refractivity contribution in [2.24, 2.45) is 0 Å². The van der Waals surface area contributed by atoms with Crippen molar-refractivity contribution in [1.82, 2.24) is 9.78 Å². The van der Waals surface area contributed by atoms with E-state index in [0.29, 0.717) is 11.4 Å². The van der Waals surface area contributed by atoms with Gasteiger partial charge in [0.15, 0.2) is 5.69 Å². The van der Waals surface area contributed by atoms with Crippen LogP contribution in [0.15, 0.2) is 6.20 Å². The van der Waals surface area contributed by atoms with Gasteiger partial charge in [0.25, 0.3) is 0 Å². The number of aryl methyl sites for hydroxylation is 1. The van der Waals surface area contributed by atoms with E-state index in [9.17, 15) is 0 Å². The van der Waals surface area contributed by atoms with Gasteiger partial charge in [0.2, 0.25) is 0 Å². The minimum atomic E-state index is 0. The predicted octanol–water partition coefficient (Wildman–Crippen LogP) is 0.779. The number of nitrogens with zero attached hydrogens (tertiary/aromatic N) is 3. The molecule has 1 heterocycles. The average Bonchev–Trinajstić information content (AvgIpc) is 2.30. The monoisotopic (exact) mass is 172 g/mol. The van der Waals surface area contributed by atoms with E-state index in [4.69, 9.17) is 11.0 Å². The van der Waals surface area contributed by atoms with Crippen LogP contribution in [0.25, 0.3) is 0 Å². The molecule has 0 atom stereocenters. The Labute approximate surface area is 71.0 Å². The first kappa shape index (κ1) is 9.79. The third-order valence-electron chi connectivity index (χ3n) is 1.22. The predicted molar refractivity (Wildman–Crippen MR) is 44.3 cm³/mol. The molecule has 0 bridgehead atoms. The lowest BCUT2D eigenvalue weighted by Crippen LogP contribution is -1.93. The first-order valence-electron chi connectivity index (χ1n) is 3.01. The molecule has 0 radical (unpaired) electrons. The first-order chi connectivity index (χ1) is 4.77. The zero-order valence-corrected chi connectivity index (χ0v) is 6.93. The lowest BCUT2D eigenvalue weighted by atomic mass is 10.4. The number of anilines is 1. The maximum Gasteiger partial charge on any atom is 0.185 e. The van der Waals surface area contributed by atoms with Gasteiger partial charge in [-0.15, -0.1) is 12.4 Å². The molecule has 1 rings (SSSR count). The lowest BCUT2D eigenvalue weighted by Gasteiger charge is -1.88. The molecule has 0 saturated heterocycles. The fraction of sp³-hybridized carbons (Fsp3) is 0.333. The summed E-state index contributed by atoms with van der Waals surface area (Å²) in [5.74, 6) is 0. The molecule has 5 heteroatoms. The number of halogens is 1. The number of rotatable bonds is 1. The van der Waals surface area contributed by atoms with Crippen molar-refractivity contribution in [2.75, 3.05) is 5.73 Å². The van der Waals surface area contributed by atoms with Crippen LogP contribution in [0.1, 0.15) is 12.6 Å². The van der Waals surface area contributed by atoms with Gasteiger partial charge in [-0.1, -0.05) is 0 Å². The van der Waals surface area contributed by atoms with Crippen molar-refractivity contribution in [2.45, 2.75) is 13.5 Å². The molecular weight excluding hydrogens is 164 g/mol. The summed E-state index contributed by atoms with van der Waals surface area (Å²) in [6.07, 6.45) is 1.65. The summed E-state index contributed by atoms with van der Waals surface area (Å²) >= 11 is 0. The molecule has 0 aliphatic heterocycles. The number of nitrogens with two attached hydrogens (primary N) is 1. The fourth-order valence-corrected chi connectivity index (χ4v) is 0.686. The van der Waals surface area contributed by atoms with Crippen LogP contribution in [0.2, 0.25) is 0 Å². The molecule has 60 valence electrons. The van der Waals surface area contributed by atoms with Gasteiger partial charge >= 0.3 is 0 Å². The Morgan fingerprint density at radius 2 is 2.45 bits per heavy atom. The second kappa shape index (κ2) is 3.84. The van der Waals surface area contributed by atoms with E-state index < -0.39 is 0 Å². The second-order valence-electron chi connectivity index (χ2n) is 1.90. The maximum absolute atomic E-state index is 8.42. The molecular formula is C6H9ClN4. The zero-order valence-electron chi connectivity index (χ0n) is 6.11. The van der Waals surface area contributed by atoms with Crippen molar-refractivity contribution in [3.8, 4) is 6.07 Å².